The van der Waals surface area contributed by atoms with Crippen LogP contribution in [0.4, 0.5) is 0 Å². The van der Waals surface area contributed by atoms with Crippen LogP contribution in [0.15, 0.2) is 43.0 Å². The Morgan fingerprint density at radius 1 is 1.33 bits per heavy atom. The van der Waals surface area contributed by atoms with Crippen molar-refractivity contribution in [1.82, 2.24) is 0 Å². The summed E-state index contributed by atoms with van der Waals surface area (Å²) >= 11 is 0. The zero-order valence-corrected chi connectivity index (χ0v) is 10.4. The molecule has 0 amide bonds. The zero-order chi connectivity index (χ0) is 12.9. The number of rotatable bonds is 3. The van der Waals surface area contributed by atoms with Crippen molar-refractivity contribution >= 4 is 10.4 Å². The van der Waals surface area contributed by atoms with E-state index in [2.05, 4.69) is 18.7 Å². The molecule has 1 heterocycles. The molecule has 7 heteroatoms. The van der Waals surface area contributed by atoms with Crippen LogP contribution in [0.2, 0.25) is 0 Å². The maximum atomic E-state index is 8.74. The largest absolute Gasteiger partial charge is 0.412 e. The van der Waals surface area contributed by atoms with Crippen molar-refractivity contribution in [3.8, 4) is 0 Å². The number of epoxide rings is 1. The van der Waals surface area contributed by atoms with Crippen LogP contribution in [0.5, 0.6) is 0 Å². The first-order chi connectivity index (χ1) is 7.87. The van der Waals surface area contributed by atoms with Crippen molar-refractivity contribution in [3.63, 3.8) is 0 Å². The Morgan fingerprint density at radius 3 is 2.11 bits per heavy atom. The van der Waals surface area contributed by atoms with Crippen molar-refractivity contribution < 1.29 is 27.7 Å². The highest BCUT2D eigenvalue weighted by molar-refractivity contribution is 7.79. The Hall–Kier alpha value is -1.25. The first-order valence-corrected chi connectivity index (χ1v) is 6.27. The van der Waals surface area contributed by atoms with Crippen molar-refractivity contribution in [2.45, 2.75) is 12.0 Å². The first-order valence-electron chi connectivity index (χ1n) is 4.88. The lowest BCUT2D eigenvalue weighted by atomic mass is 9.97. The van der Waals surface area contributed by atoms with Gasteiger partial charge in [-0.3, -0.25) is 9.11 Å². The maximum absolute atomic E-state index is 8.74. The minimum atomic E-state index is -4.67. The Bertz CT molecular complexity index is 456. The molecule has 0 aliphatic carbocycles. The van der Waals surface area contributed by atoms with Gasteiger partial charge in [-0.1, -0.05) is 36.4 Å². The van der Waals surface area contributed by atoms with Crippen LogP contribution in [-0.4, -0.2) is 29.6 Å². The molecule has 1 aliphatic rings. The van der Waals surface area contributed by atoms with Gasteiger partial charge in [0, 0.05) is 6.42 Å². The van der Waals surface area contributed by atoms with Crippen LogP contribution in [0.25, 0.3) is 0 Å². The molecule has 0 radical (unpaired) electrons. The minimum Gasteiger partial charge on any atom is -0.412 e. The predicted octanol–water partition coefficient (Wildman–Crippen LogP) is 1.01. The Labute approximate surface area is 106 Å². The molecule has 1 aromatic rings. The Balaban J connectivity index is 0.000000421. The van der Waals surface area contributed by atoms with Crippen molar-refractivity contribution in [1.29, 1.82) is 0 Å². The lowest BCUT2D eigenvalue weighted by molar-refractivity contribution is 0.310. The fourth-order valence-corrected chi connectivity index (χ4v) is 1.46. The summed E-state index contributed by atoms with van der Waals surface area (Å²) in [6.45, 7) is 4.57. The van der Waals surface area contributed by atoms with Gasteiger partial charge >= 0.3 is 10.4 Å². The summed E-state index contributed by atoms with van der Waals surface area (Å²) in [6, 6.07) is 10.3. The molecule has 1 fully saturated rings. The minimum absolute atomic E-state index is 0. The van der Waals surface area contributed by atoms with E-state index in [0.29, 0.717) is 0 Å². The molecule has 0 aromatic heterocycles. The van der Waals surface area contributed by atoms with Gasteiger partial charge in [-0.25, -0.2) is 0 Å². The summed E-state index contributed by atoms with van der Waals surface area (Å²) in [5.74, 6) is 0. The van der Waals surface area contributed by atoms with Crippen LogP contribution < -0.4 is 0 Å². The quantitative estimate of drug-likeness (QED) is 0.485. The van der Waals surface area contributed by atoms with Gasteiger partial charge < -0.3 is 10.2 Å². The van der Waals surface area contributed by atoms with Gasteiger partial charge in [0.15, 0.2) is 0 Å². The van der Waals surface area contributed by atoms with E-state index >= 15 is 0 Å². The molecular weight excluding hydrogens is 260 g/mol. The van der Waals surface area contributed by atoms with E-state index in [0.717, 1.165) is 13.0 Å². The van der Waals surface area contributed by atoms with E-state index in [9.17, 15) is 0 Å². The van der Waals surface area contributed by atoms with Gasteiger partial charge in [-0.05, 0) is 5.56 Å². The average molecular weight is 276 g/mol. The lowest BCUT2D eigenvalue weighted by Gasteiger charge is -2.08. The van der Waals surface area contributed by atoms with E-state index in [1.807, 2.05) is 24.3 Å². The molecule has 102 valence electrons. The average Bonchev–Trinajstić information content (AvgIpc) is 2.98. The third-order valence-corrected chi connectivity index (χ3v) is 2.27. The topological polar surface area (TPSA) is 119 Å². The second-order valence-corrected chi connectivity index (χ2v) is 4.49. The number of hydrogen-bond acceptors (Lipinski definition) is 3. The fourth-order valence-electron chi connectivity index (χ4n) is 1.46. The smallest absolute Gasteiger partial charge is 0.394 e. The summed E-state index contributed by atoms with van der Waals surface area (Å²) in [5.41, 5.74) is 1.24. The normalized spacial score (nSPS) is 21.0. The molecule has 1 saturated heterocycles. The molecule has 0 spiro atoms. The third kappa shape index (κ3) is 5.89. The Kier molecular flexibility index (Phi) is 6.16. The molecule has 4 N–H and O–H groups in total. The Morgan fingerprint density at radius 2 is 1.78 bits per heavy atom. The fraction of sp³-hybridized carbons (Fsp3) is 0.273. The summed E-state index contributed by atoms with van der Waals surface area (Å²) in [4.78, 5) is 0. The van der Waals surface area contributed by atoms with E-state index in [1.54, 1.807) is 0 Å². The maximum Gasteiger partial charge on any atom is 0.394 e. The number of benzene rings is 1. The van der Waals surface area contributed by atoms with Crippen LogP contribution in [0.3, 0.4) is 0 Å². The molecule has 0 saturated carbocycles. The lowest BCUT2D eigenvalue weighted by Crippen LogP contribution is -2.06. The highest BCUT2D eigenvalue weighted by Crippen LogP contribution is 2.41. The van der Waals surface area contributed by atoms with Crippen molar-refractivity contribution in [2.24, 2.45) is 0 Å². The molecule has 18 heavy (non-hydrogen) atoms. The second kappa shape index (κ2) is 6.62. The number of hydrogen-bond donors (Lipinski definition) is 2. The molecule has 0 bridgehead atoms. The van der Waals surface area contributed by atoms with Gasteiger partial charge in [0.2, 0.25) is 0 Å². The monoisotopic (exact) mass is 276 g/mol. The molecule has 1 atom stereocenters. The highest BCUT2D eigenvalue weighted by Gasteiger charge is 2.44. The summed E-state index contributed by atoms with van der Waals surface area (Å²) < 4.78 is 37.0. The van der Waals surface area contributed by atoms with Crippen LogP contribution >= 0.6 is 0 Å². The van der Waals surface area contributed by atoms with Crippen LogP contribution in [0, 0.1) is 0 Å². The second-order valence-electron chi connectivity index (χ2n) is 3.59. The zero-order valence-electron chi connectivity index (χ0n) is 9.61. The molecule has 1 aromatic carbocycles. The summed E-state index contributed by atoms with van der Waals surface area (Å²) in [5, 5.41) is 0. The van der Waals surface area contributed by atoms with E-state index in [4.69, 9.17) is 22.3 Å². The summed E-state index contributed by atoms with van der Waals surface area (Å²) in [7, 11) is -4.67. The molecule has 6 nitrogen and oxygen atoms in total. The predicted molar refractivity (Wildman–Crippen MR) is 66.7 cm³/mol. The van der Waals surface area contributed by atoms with Crippen LogP contribution in [0.1, 0.15) is 12.0 Å². The van der Waals surface area contributed by atoms with Gasteiger partial charge in [-0.15, -0.1) is 6.58 Å². The highest BCUT2D eigenvalue weighted by atomic mass is 32.3. The standard InChI is InChI=1S/C11H12O.H2O4S.H2O/c1-2-8-11(9-12-11)10-6-4-3-5-7-10;1-5(2,3)4;/h2-7H,1,8-9H2;(H2,1,2,3,4);1H2. The van der Waals surface area contributed by atoms with Gasteiger partial charge in [0.05, 0.1) is 6.61 Å². The SMILES string of the molecule is C=CCC1(c2ccccc2)CO1.O.O=S(=O)(O)O. The molecule has 1 aliphatic heterocycles. The van der Waals surface area contributed by atoms with Crippen molar-refractivity contribution in [3.05, 3.63) is 48.6 Å². The molecule has 2 rings (SSSR count). The molecular formula is C11H16O6S. The third-order valence-electron chi connectivity index (χ3n) is 2.27. The number of ether oxygens (including phenoxy) is 1. The van der Waals surface area contributed by atoms with Gasteiger partial charge in [-0.2, -0.15) is 8.42 Å². The van der Waals surface area contributed by atoms with E-state index in [1.165, 1.54) is 5.56 Å². The molecule has 1 unspecified atom stereocenters. The van der Waals surface area contributed by atoms with E-state index in [-0.39, 0.29) is 11.1 Å². The van der Waals surface area contributed by atoms with Gasteiger partial charge in [0.25, 0.3) is 0 Å². The van der Waals surface area contributed by atoms with Gasteiger partial charge in [0.1, 0.15) is 5.60 Å². The first kappa shape index (κ1) is 16.8. The van der Waals surface area contributed by atoms with E-state index < -0.39 is 10.4 Å². The van der Waals surface area contributed by atoms with Crippen LogP contribution in [-0.2, 0) is 20.7 Å². The summed E-state index contributed by atoms with van der Waals surface area (Å²) in [6.07, 6.45) is 2.83. The van der Waals surface area contributed by atoms with Crippen molar-refractivity contribution in [2.75, 3.05) is 6.61 Å².